The molecule has 5 nitrogen and oxygen atoms in total. The van der Waals surface area contributed by atoms with E-state index in [-0.39, 0.29) is 5.56 Å². The summed E-state index contributed by atoms with van der Waals surface area (Å²) in [5.74, 6) is 0.668. The Hall–Kier alpha value is -2.77. The van der Waals surface area contributed by atoms with Gasteiger partial charge in [0.2, 0.25) is 0 Å². The lowest BCUT2D eigenvalue weighted by atomic mass is 9.77. The molecule has 0 saturated heterocycles. The van der Waals surface area contributed by atoms with Crippen molar-refractivity contribution in [2.75, 3.05) is 13.2 Å². The second-order valence-electron chi connectivity index (χ2n) is 7.42. The highest BCUT2D eigenvalue weighted by atomic mass is 19.4. The maximum absolute atomic E-state index is 12.4. The minimum absolute atomic E-state index is 0.143. The molecule has 0 spiro atoms. The fourth-order valence-corrected chi connectivity index (χ4v) is 3.85. The van der Waals surface area contributed by atoms with Crippen LogP contribution in [0.3, 0.4) is 0 Å². The van der Waals surface area contributed by atoms with Gasteiger partial charge in [0.25, 0.3) is 5.91 Å². The van der Waals surface area contributed by atoms with Crippen molar-refractivity contribution >= 4 is 5.91 Å². The van der Waals surface area contributed by atoms with Crippen molar-refractivity contribution < 1.29 is 27.4 Å². The molecule has 2 aromatic rings. The summed E-state index contributed by atoms with van der Waals surface area (Å²) in [5, 5.41) is 2.87. The van der Waals surface area contributed by atoms with E-state index in [4.69, 9.17) is 4.74 Å². The van der Waals surface area contributed by atoms with Crippen molar-refractivity contribution in [1.82, 2.24) is 10.3 Å². The molecule has 1 aromatic carbocycles. The summed E-state index contributed by atoms with van der Waals surface area (Å²) < 4.78 is 46.8. The molecule has 1 aliphatic carbocycles. The lowest BCUT2D eigenvalue weighted by molar-refractivity contribution is -0.274. The van der Waals surface area contributed by atoms with Crippen LogP contribution >= 0.6 is 0 Å². The minimum atomic E-state index is -4.79. The zero-order valence-corrected chi connectivity index (χ0v) is 16.5. The molecule has 2 atom stereocenters. The number of aromatic nitrogens is 1. The van der Waals surface area contributed by atoms with Crippen LogP contribution in [0.1, 0.15) is 42.5 Å². The first-order chi connectivity index (χ1) is 14.4. The normalized spacial score (nSPS) is 19.2. The predicted octanol–water partition coefficient (Wildman–Crippen LogP) is 4.99. The molecule has 1 fully saturated rings. The van der Waals surface area contributed by atoms with Gasteiger partial charge in [0.05, 0.1) is 12.8 Å². The first kappa shape index (κ1) is 21.9. The standard InChI is InChI=1S/C22H25F3N2O3/c23-22(24,25)30-19-8-3-7-17(13-19)21(28)27-14-18-6-2-1-5-16(18)10-12-29-20-9-4-11-26-15-20/h3-4,7-9,11,13,15-16,18H,1-2,5-6,10,12,14H2,(H,27,28). The third kappa shape index (κ3) is 6.93. The first-order valence-electron chi connectivity index (χ1n) is 10.1. The molecule has 162 valence electrons. The summed E-state index contributed by atoms with van der Waals surface area (Å²) in [5.41, 5.74) is 0.143. The summed E-state index contributed by atoms with van der Waals surface area (Å²) in [4.78, 5) is 16.5. The Kier molecular flexibility index (Phi) is 7.54. The molecule has 1 aliphatic rings. The summed E-state index contributed by atoms with van der Waals surface area (Å²) >= 11 is 0. The van der Waals surface area contributed by atoms with Gasteiger partial charge in [0, 0.05) is 18.3 Å². The number of nitrogens with one attached hydrogen (secondary N) is 1. The third-order valence-corrected chi connectivity index (χ3v) is 5.31. The number of alkyl halides is 3. The molecule has 1 heterocycles. The van der Waals surface area contributed by atoms with Crippen molar-refractivity contribution in [3.8, 4) is 11.5 Å². The molecule has 1 N–H and O–H groups in total. The van der Waals surface area contributed by atoms with Gasteiger partial charge in [-0.2, -0.15) is 0 Å². The fraction of sp³-hybridized carbons (Fsp3) is 0.455. The van der Waals surface area contributed by atoms with E-state index >= 15 is 0 Å². The number of pyridine rings is 1. The second kappa shape index (κ2) is 10.3. The minimum Gasteiger partial charge on any atom is -0.492 e. The van der Waals surface area contributed by atoms with Gasteiger partial charge in [-0.15, -0.1) is 13.2 Å². The third-order valence-electron chi connectivity index (χ3n) is 5.31. The lowest BCUT2D eigenvalue weighted by Gasteiger charge is -2.31. The molecule has 1 amide bonds. The average Bonchev–Trinajstić information content (AvgIpc) is 2.72. The number of benzene rings is 1. The molecule has 2 unspecified atom stereocenters. The van der Waals surface area contributed by atoms with E-state index in [1.807, 2.05) is 12.1 Å². The summed E-state index contributed by atoms with van der Waals surface area (Å²) in [6.45, 7) is 1.07. The van der Waals surface area contributed by atoms with Crippen LogP contribution < -0.4 is 14.8 Å². The number of hydrogen-bond donors (Lipinski definition) is 1. The van der Waals surface area contributed by atoms with Gasteiger partial charge in [-0.25, -0.2) is 0 Å². The molecule has 0 bridgehead atoms. The van der Waals surface area contributed by atoms with E-state index in [1.54, 1.807) is 12.4 Å². The van der Waals surface area contributed by atoms with E-state index in [0.717, 1.165) is 43.9 Å². The van der Waals surface area contributed by atoms with Gasteiger partial charge in [0.15, 0.2) is 0 Å². The van der Waals surface area contributed by atoms with Crippen LogP contribution in [0.5, 0.6) is 11.5 Å². The van der Waals surface area contributed by atoms with Crippen LogP contribution in [-0.2, 0) is 0 Å². The monoisotopic (exact) mass is 422 g/mol. The van der Waals surface area contributed by atoms with Crippen LogP contribution in [0.4, 0.5) is 13.2 Å². The van der Waals surface area contributed by atoms with E-state index < -0.39 is 18.0 Å². The Morgan fingerprint density at radius 3 is 2.60 bits per heavy atom. The molecular formula is C22H25F3N2O3. The first-order valence-corrected chi connectivity index (χ1v) is 10.1. The Morgan fingerprint density at radius 2 is 1.87 bits per heavy atom. The quantitative estimate of drug-likeness (QED) is 0.651. The maximum Gasteiger partial charge on any atom is 0.573 e. The number of ether oxygens (including phenoxy) is 2. The highest BCUT2D eigenvalue weighted by molar-refractivity contribution is 5.94. The molecule has 30 heavy (non-hydrogen) atoms. The average molecular weight is 422 g/mol. The molecule has 0 radical (unpaired) electrons. The molecule has 8 heteroatoms. The Bertz CT molecular complexity index is 815. The number of carbonyl (C=O) groups excluding carboxylic acids is 1. The smallest absolute Gasteiger partial charge is 0.492 e. The second-order valence-corrected chi connectivity index (χ2v) is 7.42. The SMILES string of the molecule is O=C(NCC1CCCCC1CCOc1cccnc1)c1cccc(OC(F)(F)F)c1. The van der Waals surface area contributed by atoms with Crippen molar-refractivity contribution in [1.29, 1.82) is 0 Å². The fourth-order valence-electron chi connectivity index (χ4n) is 3.85. The highest BCUT2D eigenvalue weighted by Crippen LogP contribution is 2.32. The zero-order valence-electron chi connectivity index (χ0n) is 16.5. The van der Waals surface area contributed by atoms with E-state index in [1.165, 1.54) is 18.2 Å². The van der Waals surface area contributed by atoms with Crippen LogP contribution in [-0.4, -0.2) is 30.4 Å². The Balaban J connectivity index is 1.50. The largest absolute Gasteiger partial charge is 0.573 e. The topological polar surface area (TPSA) is 60.5 Å². The molecule has 3 rings (SSSR count). The zero-order chi connectivity index (χ0) is 21.4. The predicted molar refractivity (Wildman–Crippen MR) is 105 cm³/mol. The maximum atomic E-state index is 12.4. The molecule has 1 aromatic heterocycles. The van der Waals surface area contributed by atoms with Crippen molar-refractivity contribution in [3.05, 3.63) is 54.4 Å². The van der Waals surface area contributed by atoms with Crippen molar-refractivity contribution in [3.63, 3.8) is 0 Å². The van der Waals surface area contributed by atoms with Gasteiger partial charge < -0.3 is 14.8 Å². The van der Waals surface area contributed by atoms with Gasteiger partial charge in [-0.3, -0.25) is 9.78 Å². The molecule has 1 saturated carbocycles. The number of amides is 1. The summed E-state index contributed by atoms with van der Waals surface area (Å²) in [7, 11) is 0. The van der Waals surface area contributed by atoms with Crippen molar-refractivity contribution in [2.24, 2.45) is 11.8 Å². The number of nitrogens with zero attached hydrogens (tertiary/aromatic N) is 1. The Morgan fingerprint density at radius 1 is 1.10 bits per heavy atom. The van der Waals surface area contributed by atoms with Crippen LogP contribution in [0, 0.1) is 11.8 Å². The number of carbonyl (C=O) groups is 1. The van der Waals surface area contributed by atoms with Gasteiger partial charge in [-0.05, 0) is 61.4 Å². The van der Waals surface area contributed by atoms with Gasteiger partial charge >= 0.3 is 6.36 Å². The summed E-state index contributed by atoms with van der Waals surface area (Å²) in [6.07, 6.45) is 3.80. The molecular weight excluding hydrogens is 397 g/mol. The van der Waals surface area contributed by atoms with E-state index in [2.05, 4.69) is 15.0 Å². The highest BCUT2D eigenvalue weighted by Gasteiger charge is 2.31. The van der Waals surface area contributed by atoms with Crippen molar-refractivity contribution in [2.45, 2.75) is 38.5 Å². The van der Waals surface area contributed by atoms with E-state index in [9.17, 15) is 18.0 Å². The lowest BCUT2D eigenvalue weighted by Crippen LogP contribution is -2.34. The Labute approximate surface area is 173 Å². The number of rotatable bonds is 8. The summed E-state index contributed by atoms with van der Waals surface area (Å²) in [6, 6.07) is 8.80. The van der Waals surface area contributed by atoms with Crippen LogP contribution in [0.25, 0.3) is 0 Å². The van der Waals surface area contributed by atoms with Gasteiger partial charge in [-0.1, -0.05) is 18.9 Å². The molecule has 0 aliphatic heterocycles. The van der Waals surface area contributed by atoms with Crippen LogP contribution in [0.15, 0.2) is 48.8 Å². The number of hydrogen-bond acceptors (Lipinski definition) is 4. The van der Waals surface area contributed by atoms with E-state index in [0.29, 0.717) is 25.0 Å². The van der Waals surface area contributed by atoms with Gasteiger partial charge in [0.1, 0.15) is 11.5 Å². The van der Waals surface area contributed by atoms with Crippen LogP contribution in [0.2, 0.25) is 0 Å². The number of halogens is 3.